The van der Waals surface area contributed by atoms with Crippen molar-refractivity contribution in [1.82, 2.24) is 5.32 Å². The van der Waals surface area contributed by atoms with E-state index in [1.54, 1.807) is 6.07 Å². The normalized spacial score (nSPS) is 12.0. The lowest BCUT2D eigenvalue weighted by molar-refractivity contribution is 0.0940. The zero-order valence-electron chi connectivity index (χ0n) is 11.2. The van der Waals surface area contributed by atoms with E-state index in [0.717, 1.165) is 5.56 Å². The maximum Gasteiger partial charge on any atom is 0.251 e. The summed E-state index contributed by atoms with van der Waals surface area (Å²) in [6.45, 7) is 0. The van der Waals surface area contributed by atoms with Crippen molar-refractivity contribution in [1.29, 1.82) is 0 Å². The Morgan fingerprint density at radius 3 is 2.57 bits per heavy atom. The first-order chi connectivity index (χ1) is 10.1. The summed E-state index contributed by atoms with van der Waals surface area (Å²) in [6, 6.07) is 13.8. The molecule has 0 fully saturated rings. The average molecular weight is 371 g/mol. The number of carbonyl (C=O) groups is 1. The fourth-order valence-corrected chi connectivity index (χ4v) is 2.38. The zero-order valence-corrected chi connectivity index (χ0v) is 13.5. The smallest absolute Gasteiger partial charge is 0.251 e. The van der Waals surface area contributed by atoms with Gasteiger partial charge in [0.15, 0.2) is 0 Å². The average Bonchev–Trinajstić information content (AvgIpc) is 2.50. The van der Waals surface area contributed by atoms with E-state index in [9.17, 15) is 9.18 Å². The summed E-state index contributed by atoms with van der Waals surface area (Å²) in [5, 5.41) is 2.83. The third-order valence-electron chi connectivity index (χ3n) is 3.03. The monoisotopic (exact) mass is 369 g/mol. The molecule has 1 unspecified atom stereocenters. The van der Waals surface area contributed by atoms with Crippen LogP contribution in [0.1, 0.15) is 15.9 Å². The molecule has 0 aliphatic rings. The van der Waals surface area contributed by atoms with E-state index in [1.807, 2.05) is 30.3 Å². The summed E-state index contributed by atoms with van der Waals surface area (Å²) < 4.78 is 13.8. The molecule has 2 rings (SSSR count). The van der Waals surface area contributed by atoms with Crippen molar-refractivity contribution < 1.29 is 9.18 Å². The van der Waals surface area contributed by atoms with E-state index in [-0.39, 0.29) is 17.5 Å². The molecule has 1 amide bonds. The largest absolute Gasteiger partial charge is 0.348 e. The maximum atomic E-state index is 13.5. The predicted octanol–water partition coefficient (Wildman–Crippen LogP) is 4.17. The van der Waals surface area contributed by atoms with Gasteiger partial charge in [-0.2, -0.15) is 0 Å². The topological polar surface area (TPSA) is 29.1 Å². The minimum Gasteiger partial charge on any atom is -0.348 e. The fraction of sp³-hybridized carbons (Fsp3) is 0.188. The lowest BCUT2D eigenvalue weighted by atomic mass is 10.1. The van der Waals surface area contributed by atoms with E-state index in [0.29, 0.717) is 16.8 Å². The fourth-order valence-electron chi connectivity index (χ4n) is 1.95. The molecule has 0 aliphatic carbocycles. The van der Waals surface area contributed by atoms with Crippen LogP contribution in [0.2, 0.25) is 0 Å². The Kier molecular flexibility index (Phi) is 5.76. The number of hydrogen-bond donors (Lipinski definition) is 1. The Morgan fingerprint density at radius 1 is 1.24 bits per heavy atom. The van der Waals surface area contributed by atoms with Crippen molar-refractivity contribution in [3.8, 4) is 0 Å². The Labute approximate surface area is 136 Å². The Balaban J connectivity index is 2.04. The highest BCUT2D eigenvalue weighted by Crippen LogP contribution is 2.16. The van der Waals surface area contributed by atoms with Gasteiger partial charge in [0.25, 0.3) is 5.91 Å². The number of alkyl halides is 1. The quantitative estimate of drug-likeness (QED) is 0.787. The number of rotatable bonds is 5. The molecule has 1 N–H and O–H groups in total. The first kappa shape index (κ1) is 16.0. The highest BCUT2D eigenvalue weighted by atomic mass is 79.9. The van der Waals surface area contributed by atoms with Crippen LogP contribution in [0.25, 0.3) is 0 Å². The third-order valence-corrected chi connectivity index (χ3v) is 4.04. The van der Waals surface area contributed by atoms with Gasteiger partial charge >= 0.3 is 0 Å². The van der Waals surface area contributed by atoms with Gasteiger partial charge in [0.2, 0.25) is 0 Å². The molecule has 1 atom stereocenters. The van der Waals surface area contributed by atoms with Crippen molar-refractivity contribution in [2.75, 3.05) is 5.88 Å². The van der Waals surface area contributed by atoms with E-state index < -0.39 is 5.82 Å². The van der Waals surface area contributed by atoms with Gasteiger partial charge < -0.3 is 5.32 Å². The van der Waals surface area contributed by atoms with Crippen molar-refractivity contribution in [2.24, 2.45) is 0 Å². The molecule has 0 bridgehead atoms. The van der Waals surface area contributed by atoms with Gasteiger partial charge in [-0.25, -0.2) is 4.39 Å². The van der Waals surface area contributed by atoms with Crippen LogP contribution in [0.4, 0.5) is 4.39 Å². The molecular weight excluding hydrogens is 357 g/mol. The molecule has 2 aromatic rings. The molecule has 0 aliphatic heterocycles. The number of benzene rings is 2. The predicted molar refractivity (Wildman–Crippen MR) is 86.2 cm³/mol. The highest BCUT2D eigenvalue weighted by molar-refractivity contribution is 9.10. The first-order valence-corrected chi connectivity index (χ1v) is 7.78. The molecule has 21 heavy (non-hydrogen) atoms. The van der Waals surface area contributed by atoms with Crippen LogP contribution in [-0.4, -0.2) is 17.8 Å². The van der Waals surface area contributed by atoms with Crippen LogP contribution >= 0.6 is 27.5 Å². The number of carbonyl (C=O) groups excluding carboxylic acids is 1. The maximum absolute atomic E-state index is 13.5. The number of amides is 1. The molecule has 0 radical (unpaired) electrons. The van der Waals surface area contributed by atoms with Gasteiger partial charge in [-0.3, -0.25) is 4.79 Å². The third kappa shape index (κ3) is 4.55. The van der Waals surface area contributed by atoms with Crippen LogP contribution in [0, 0.1) is 5.82 Å². The van der Waals surface area contributed by atoms with Gasteiger partial charge in [-0.05, 0) is 46.1 Å². The summed E-state index contributed by atoms with van der Waals surface area (Å²) in [7, 11) is 0. The van der Waals surface area contributed by atoms with Crippen molar-refractivity contribution in [2.45, 2.75) is 12.5 Å². The number of halogens is 3. The van der Waals surface area contributed by atoms with Crippen LogP contribution in [0.3, 0.4) is 0 Å². The molecule has 0 heterocycles. The van der Waals surface area contributed by atoms with E-state index in [2.05, 4.69) is 21.2 Å². The van der Waals surface area contributed by atoms with Crippen molar-refractivity contribution in [3.63, 3.8) is 0 Å². The molecule has 110 valence electrons. The lowest BCUT2D eigenvalue weighted by Gasteiger charge is -2.16. The Hall–Kier alpha value is -1.39. The first-order valence-electron chi connectivity index (χ1n) is 6.46. The lowest BCUT2D eigenvalue weighted by Crippen LogP contribution is -2.37. The van der Waals surface area contributed by atoms with Crippen LogP contribution in [0.5, 0.6) is 0 Å². The van der Waals surface area contributed by atoms with E-state index >= 15 is 0 Å². The van der Waals surface area contributed by atoms with Gasteiger partial charge in [-0.15, -0.1) is 11.6 Å². The summed E-state index contributed by atoms with van der Waals surface area (Å²) in [6.07, 6.45) is 0.634. The van der Waals surface area contributed by atoms with Crippen LogP contribution in [0.15, 0.2) is 53.0 Å². The van der Waals surface area contributed by atoms with Gasteiger partial charge in [0.1, 0.15) is 5.82 Å². The van der Waals surface area contributed by atoms with Crippen LogP contribution in [-0.2, 0) is 6.42 Å². The summed E-state index contributed by atoms with van der Waals surface area (Å²) in [4.78, 5) is 12.1. The summed E-state index contributed by atoms with van der Waals surface area (Å²) in [5.41, 5.74) is 1.37. The minimum absolute atomic E-state index is 0.201. The van der Waals surface area contributed by atoms with E-state index in [1.165, 1.54) is 12.1 Å². The SMILES string of the molecule is O=C(NC(CCl)Cc1ccccc1)c1ccc(Br)c(F)c1. The summed E-state index contributed by atoms with van der Waals surface area (Å²) in [5.74, 6) is -0.504. The van der Waals surface area contributed by atoms with Gasteiger partial charge in [0.05, 0.1) is 4.47 Å². The second-order valence-electron chi connectivity index (χ2n) is 4.64. The second-order valence-corrected chi connectivity index (χ2v) is 5.81. The molecule has 0 aromatic heterocycles. The molecule has 5 heteroatoms. The molecule has 0 saturated heterocycles. The van der Waals surface area contributed by atoms with Crippen molar-refractivity contribution >= 4 is 33.4 Å². The van der Waals surface area contributed by atoms with Crippen molar-refractivity contribution in [3.05, 3.63) is 69.9 Å². The molecule has 2 nitrogen and oxygen atoms in total. The van der Waals surface area contributed by atoms with Gasteiger partial charge in [0, 0.05) is 17.5 Å². The molecule has 0 saturated carbocycles. The van der Waals surface area contributed by atoms with Gasteiger partial charge in [-0.1, -0.05) is 30.3 Å². The molecular formula is C16H14BrClFNO. The summed E-state index contributed by atoms with van der Waals surface area (Å²) >= 11 is 8.97. The molecule has 0 spiro atoms. The Bertz CT molecular complexity index is 621. The molecule has 2 aromatic carbocycles. The van der Waals surface area contributed by atoms with Crippen LogP contribution < -0.4 is 5.32 Å². The minimum atomic E-state index is -0.465. The second kappa shape index (κ2) is 7.57. The zero-order chi connectivity index (χ0) is 15.2. The highest BCUT2D eigenvalue weighted by Gasteiger charge is 2.14. The Morgan fingerprint density at radius 2 is 1.95 bits per heavy atom. The van der Waals surface area contributed by atoms with E-state index in [4.69, 9.17) is 11.6 Å². The number of nitrogens with one attached hydrogen (secondary N) is 1. The number of hydrogen-bond acceptors (Lipinski definition) is 1. The standard InChI is InChI=1S/C16H14BrClFNO/c17-14-7-6-12(9-15(14)19)16(21)20-13(10-18)8-11-4-2-1-3-5-11/h1-7,9,13H,8,10H2,(H,20,21).